The lowest BCUT2D eigenvalue weighted by molar-refractivity contribution is -0.133. The molecule has 30 heavy (non-hydrogen) atoms. The minimum absolute atomic E-state index is 0.0147. The molecule has 1 amide bonds. The number of hydrogen-bond donors (Lipinski definition) is 0. The number of hydrogen-bond acceptors (Lipinski definition) is 7. The van der Waals surface area contributed by atoms with Gasteiger partial charge in [0.05, 0.1) is 7.11 Å². The van der Waals surface area contributed by atoms with Crippen LogP contribution in [-0.2, 0) is 4.79 Å². The highest BCUT2D eigenvalue weighted by atomic mass is 16.5. The lowest BCUT2D eigenvalue weighted by Gasteiger charge is -2.35. The molecule has 9 heteroatoms. The van der Waals surface area contributed by atoms with Gasteiger partial charge in [0.1, 0.15) is 5.82 Å². The van der Waals surface area contributed by atoms with E-state index in [0.29, 0.717) is 37.7 Å². The van der Waals surface area contributed by atoms with E-state index >= 15 is 0 Å². The lowest BCUT2D eigenvalue weighted by atomic mass is 10.3. The Morgan fingerprint density at radius 3 is 2.33 bits per heavy atom. The van der Waals surface area contributed by atoms with Crippen molar-refractivity contribution in [2.24, 2.45) is 0 Å². The lowest BCUT2D eigenvalue weighted by Crippen LogP contribution is -2.50. The van der Waals surface area contributed by atoms with E-state index in [1.54, 1.807) is 25.4 Å². The molecular weight excluding hydrogens is 384 g/mol. The van der Waals surface area contributed by atoms with Gasteiger partial charge >= 0.3 is 0 Å². The first-order valence-corrected chi connectivity index (χ1v) is 9.78. The number of benzene rings is 1. The van der Waals surface area contributed by atoms with Gasteiger partial charge in [-0.1, -0.05) is 12.1 Å². The van der Waals surface area contributed by atoms with Crippen LogP contribution in [0.15, 0.2) is 48.8 Å². The van der Waals surface area contributed by atoms with Crippen LogP contribution in [-0.4, -0.2) is 70.5 Å². The monoisotopic (exact) mass is 408 g/mol. The predicted molar refractivity (Wildman–Crippen MR) is 111 cm³/mol. The van der Waals surface area contributed by atoms with Crippen molar-refractivity contribution in [2.45, 2.75) is 6.92 Å². The first-order valence-electron chi connectivity index (χ1n) is 9.78. The van der Waals surface area contributed by atoms with Gasteiger partial charge in [0.15, 0.2) is 29.7 Å². The molecule has 156 valence electrons. The summed E-state index contributed by atoms with van der Waals surface area (Å²) in [6.45, 7) is 4.51. The molecule has 1 aliphatic heterocycles. The van der Waals surface area contributed by atoms with E-state index in [4.69, 9.17) is 9.47 Å². The summed E-state index contributed by atoms with van der Waals surface area (Å²) in [6, 6.07) is 11.2. The third-order valence-corrected chi connectivity index (χ3v) is 5.09. The molecule has 1 aromatic carbocycles. The van der Waals surface area contributed by atoms with Gasteiger partial charge in [-0.05, 0) is 31.2 Å². The largest absolute Gasteiger partial charge is 0.493 e. The van der Waals surface area contributed by atoms with Gasteiger partial charge in [-0.25, -0.2) is 4.98 Å². The van der Waals surface area contributed by atoms with Crippen LogP contribution in [0.25, 0.3) is 5.82 Å². The van der Waals surface area contributed by atoms with Gasteiger partial charge in [0, 0.05) is 38.6 Å². The minimum Gasteiger partial charge on any atom is -0.493 e. The Morgan fingerprint density at radius 1 is 1.00 bits per heavy atom. The maximum atomic E-state index is 12.5. The maximum Gasteiger partial charge on any atom is 0.260 e. The van der Waals surface area contributed by atoms with Gasteiger partial charge < -0.3 is 19.3 Å². The van der Waals surface area contributed by atoms with Crippen molar-refractivity contribution >= 4 is 11.7 Å². The van der Waals surface area contributed by atoms with Crippen molar-refractivity contribution in [3.8, 4) is 17.3 Å². The van der Waals surface area contributed by atoms with Crippen molar-refractivity contribution in [3.05, 3.63) is 54.6 Å². The fourth-order valence-corrected chi connectivity index (χ4v) is 3.39. The average molecular weight is 408 g/mol. The molecule has 0 bridgehead atoms. The van der Waals surface area contributed by atoms with Crippen LogP contribution >= 0.6 is 0 Å². The fourth-order valence-electron chi connectivity index (χ4n) is 3.39. The zero-order chi connectivity index (χ0) is 20.9. The summed E-state index contributed by atoms with van der Waals surface area (Å²) in [6.07, 6.45) is 3.59. The highest BCUT2D eigenvalue weighted by Gasteiger charge is 2.23. The number of nitrogens with zero attached hydrogens (tertiary/aromatic N) is 6. The number of piperazine rings is 1. The first kappa shape index (κ1) is 19.7. The standard InChI is InChI=1S/C21H24N6O3/c1-16-22-9-10-27(16)20-8-7-19(23-24-20)25-11-13-26(14-12-25)21(28)15-30-18-6-4-3-5-17(18)29-2/h3-10H,11-15H2,1-2H3. The minimum atomic E-state index is -0.0439. The number of aryl methyl sites for hydroxylation is 1. The van der Waals surface area contributed by atoms with Crippen molar-refractivity contribution < 1.29 is 14.3 Å². The number of amides is 1. The van der Waals surface area contributed by atoms with Crippen LogP contribution in [0.2, 0.25) is 0 Å². The summed E-state index contributed by atoms with van der Waals surface area (Å²) in [5.41, 5.74) is 0. The smallest absolute Gasteiger partial charge is 0.260 e. The topological polar surface area (TPSA) is 85.6 Å². The van der Waals surface area contributed by atoms with E-state index in [9.17, 15) is 4.79 Å². The summed E-state index contributed by atoms with van der Waals surface area (Å²) < 4.78 is 12.8. The summed E-state index contributed by atoms with van der Waals surface area (Å²) in [5, 5.41) is 8.66. The van der Waals surface area contributed by atoms with Gasteiger partial charge in [-0.15, -0.1) is 10.2 Å². The Bertz CT molecular complexity index is 996. The summed E-state index contributed by atoms with van der Waals surface area (Å²) in [7, 11) is 1.58. The van der Waals surface area contributed by atoms with E-state index in [1.807, 2.05) is 46.9 Å². The molecule has 0 N–H and O–H groups in total. The highest BCUT2D eigenvalue weighted by Crippen LogP contribution is 2.25. The SMILES string of the molecule is COc1ccccc1OCC(=O)N1CCN(c2ccc(-n3ccnc3C)nn2)CC1. The average Bonchev–Trinajstić information content (AvgIpc) is 3.23. The molecule has 0 spiro atoms. The predicted octanol–water partition coefficient (Wildman–Crippen LogP) is 1.71. The van der Waals surface area contributed by atoms with Crippen LogP contribution in [0.3, 0.4) is 0 Å². The number of carbonyl (C=O) groups excluding carboxylic acids is 1. The molecule has 0 saturated carbocycles. The molecule has 0 unspecified atom stereocenters. The maximum absolute atomic E-state index is 12.5. The van der Waals surface area contributed by atoms with Gasteiger partial charge in [-0.3, -0.25) is 9.36 Å². The first-order chi connectivity index (χ1) is 14.7. The second-order valence-corrected chi connectivity index (χ2v) is 6.90. The Kier molecular flexibility index (Phi) is 5.78. The molecule has 1 aliphatic rings. The number of imidazole rings is 1. The Labute approximate surface area is 174 Å². The Hall–Kier alpha value is -3.62. The van der Waals surface area contributed by atoms with Crippen LogP contribution in [0, 0.1) is 6.92 Å². The van der Waals surface area contributed by atoms with E-state index < -0.39 is 0 Å². The van der Waals surface area contributed by atoms with Crippen LogP contribution < -0.4 is 14.4 Å². The van der Waals surface area contributed by atoms with Crippen LogP contribution in [0.5, 0.6) is 11.5 Å². The number of para-hydroxylation sites is 2. The van der Waals surface area contributed by atoms with Crippen molar-refractivity contribution in [1.29, 1.82) is 0 Å². The number of ether oxygens (including phenoxy) is 2. The zero-order valence-corrected chi connectivity index (χ0v) is 17.1. The molecule has 1 saturated heterocycles. The molecule has 2 aromatic heterocycles. The van der Waals surface area contributed by atoms with Crippen LogP contribution in [0.1, 0.15) is 5.82 Å². The molecule has 1 fully saturated rings. The molecule has 0 atom stereocenters. The summed E-state index contributed by atoms with van der Waals surface area (Å²) >= 11 is 0. The molecular formula is C21H24N6O3. The third-order valence-electron chi connectivity index (χ3n) is 5.09. The second-order valence-electron chi connectivity index (χ2n) is 6.90. The fraction of sp³-hybridized carbons (Fsp3) is 0.333. The number of aromatic nitrogens is 4. The number of carbonyl (C=O) groups is 1. The van der Waals surface area contributed by atoms with E-state index in [1.165, 1.54) is 0 Å². The summed E-state index contributed by atoms with van der Waals surface area (Å²) in [5.74, 6) is 3.53. The van der Waals surface area contributed by atoms with E-state index in [2.05, 4.69) is 20.1 Å². The van der Waals surface area contributed by atoms with Crippen molar-refractivity contribution in [3.63, 3.8) is 0 Å². The zero-order valence-electron chi connectivity index (χ0n) is 17.1. The van der Waals surface area contributed by atoms with E-state index in [-0.39, 0.29) is 12.5 Å². The number of anilines is 1. The van der Waals surface area contributed by atoms with Crippen LogP contribution in [0.4, 0.5) is 5.82 Å². The Balaban J connectivity index is 1.30. The number of rotatable bonds is 6. The molecule has 3 aromatic rings. The highest BCUT2D eigenvalue weighted by molar-refractivity contribution is 5.78. The second kappa shape index (κ2) is 8.81. The van der Waals surface area contributed by atoms with Gasteiger partial charge in [-0.2, -0.15) is 0 Å². The van der Waals surface area contributed by atoms with Gasteiger partial charge in [0.2, 0.25) is 0 Å². The molecule has 0 aliphatic carbocycles. The molecule has 4 rings (SSSR count). The van der Waals surface area contributed by atoms with Gasteiger partial charge in [0.25, 0.3) is 5.91 Å². The quantitative estimate of drug-likeness (QED) is 0.614. The molecule has 0 radical (unpaired) electrons. The summed E-state index contributed by atoms with van der Waals surface area (Å²) in [4.78, 5) is 20.7. The van der Waals surface area contributed by atoms with E-state index in [0.717, 1.165) is 17.5 Å². The molecule has 3 heterocycles. The normalized spacial score (nSPS) is 13.9. The van der Waals surface area contributed by atoms with Crippen molar-refractivity contribution in [2.75, 3.05) is 44.8 Å². The van der Waals surface area contributed by atoms with Crippen molar-refractivity contribution in [1.82, 2.24) is 24.6 Å². The third kappa shape index (κ3) is 4.19. The Morgan fingerprint density at radius 2 is 1.70 bits per heavy atom. The number of methoxy groups -OCH3 is 1. The molecule has 9 nitrogen and oxygen atoms in total.